The highest BCUT2D eigenvalue weighted by Gasteiger charge is 2.43. The zero-order chi connectivity index (χ0) is 22.7. The largest absolute Gasteiger partial charge is 0.379 e. The Hall–Kier alpha value is -2.07. The third-order valence-electron chi connectivity index (χ3n) is 7.02. The van der Waals surface area contributed by atoms with E-state index < -0.39 is 35.3 Å². The van der Waals surface area contributed by atoms with Crippen LogP contribution in [0.2, 0.25) is 0 Å². The molecule has 4 unspecified atom stereocenters. The van der Waals surface area contributed by atoms with Crippen LogP contribution >= 0.6 is 11.3 Å². The molecule has 2 aromatic rings. The van der Waals surface area contributed by atoms with E-state index in [4.69, 9.17) is 10.5 Å². The minimum Gasteiger partial charge on any atom is -0.379 e. The third-order valence-corrected chi connectivity index (χ3v) is 8.31. The average molecular weight is 462 g/mol. The van der Waals surface area contributed by atoms with E-state index in [1.165, 1.54) is 12.0 Å². The van der Waals surface area contributed by atoms with Crippen LogP contribution in [0.3, 0.4) is 0 Å². The Morgan fingerprint density at radius 2 is 2.12 bits per heavy atom. The zero-order valence-electron chi connectivity index (χ0n) is 18.2. The number of H-pyrrole nitrogens is 1. The van der Waals surface area contributed by atoms with Gasteiger partial charge in [-0.1, -0.05) is 0 Å². The predicted octanol–water partition coefficient (Wildman–Crippen LogP) is 3.21. The molecule has 0 aliphatic heterocycles. The molecule has 32 heavy (non-hydrogen) atoms. The second-order valence-electron chi connectivity index (χ2n) is 9.15. The number of nitrogens with two attached hydrogens (primary N) is 1. The van der Waals surface area contributed by atoms with E-state index >= 15 is 4.39 Å². The van der Waals surface area contributed by atoms with E-state index in [1.54, 1.807) is 22.8 Å². The molecule has 0 radical (unpaired) electrons. The van der Waals surface area contributed by atoms with Gasteiger partial charge in [-0.05, 0) is 68.6 Å². The number of nitrogens with one attached hydrogen (secondary N) is 1. The van der Waals surface area contributed by atoms with E-state index in [0.29, 0.717) is 12.1 Å². The topological polar surface area (TPSA) is 110 Å². The number of aliphatic hydroxyl groups is 1. The van der Waals surface area contributed by atoms with Crippen LogP contribution < -0.4 is 17.0 Å². The lowest BCUT2D eigenvalue weighted by molar-refractivity contribution is 0.0728. The molecule has 3 aliphatic carbocycles. The fraction of sp³-hybridized carbons (Fsp3) is 0.565. The quantitative estimate of drug-likeness (QED) is 0.593. The second-order valence-corrected chi connectivity index (χ2v) is 10.3. The van der Waals surface area contributed by atoms with Crippen LogP contribution in [0.15, 0.2) is 21.5 Å². The van der Waals surface area contributed by atoms with Crippen molar-refractivity contribution < 1.29 is 14.2 Å². The van der Waals surface area contributed by atoms with E-state index in [2.05, 4.69) is 4.98 Å². The Kier molecular flexibility index (Phi) is 5.48. The number of aromatic nitrogens is 2. The van der Waals surface area contributed by atoms with Crippen LogP contribution in [0.1, 0.15) is 89.6 Å². The first-order valence-electron chi connectivity index (χ1n) is 11.2. The predicted molar refractivity (Wildman–Crippen MR) is 121 cm³/mol. The molecule has 3 aliphatic rings. The highest BCUT2D eigenvalue weighted by Crippen LogP contribution is 2.52. The molecule has 0 saturated heterocycles. The number of ether oxygens (including phenoxy) is 1. The normalized spacial score (nSPS) is 26.1. The maximum absolute atomic E-state index is 15.8. The fourth-order valence-electron chi connectivity index (χ4n) is 5.43. The first-order valence-corrected chi connectivity index (χ1v) is 12.0. The van der Waals surface area contributed by atoms with Crippen molar-refractivity contribution in [3.05, 3.63) is 59.3 Å². The summed E-state index contributed by atoms with van der Waals surface area (Å²) in [5.41, 5.74) is 6.69. The van der Waals surface area contributed by atoms with Crippen LogP contribution in [0.5, 0.6) is 0 Å². The van der Waals surface area contributed by atoms with Crippen molar-refractivity contribution in [2.45, 2.75) is 75.7 Å². The zero-order valence-corrected chi connectivity index (χ0v) is 19.0. The highest BCUT2D eigenvalue weighted by molar-refractivity contribution is 7.12. The minimum atomic E-state index is -0.888. The number of methoxy groups -OCH3 is 1. The Balaban J connectivity index is 1.67. The van der Waals surface area contributed by atoms with Crippen molar-refractivity contribution in [2.24, 2.45) is 5.73 Å². The molecule has 4 N–H and O–H groups in total. The van der Waals surface area contributed by atoms with Crippen molar-refractivity contribution in [1.29, 1.82) is 0 Å². The molecule has 9 heteroatoms. The summed E-state index contributed by atoms with van der Waals surface area (Å²) in [6, 6.07) is 2.03. The molecule has 5 rings (SSSR count). The van der Waals surface area contributed by atoms with E-state index in [-0.39, 0.29) is 23.1 Å². The molecule has 0 bridgehead atoms. The lowest BCUT2D eigenvalue weighted by Crippen LogP contribution is -2.39. The van der Waals surface area contributed by atoms with Crippen LogP contribution in [0, 0.1) is 0 Å². The standard InChI is InChI=1S/C23H28FN3O4S/c1-10-17-20(27(12-6-7-12)23(30)26-22(17)29)21(31-2)18(19(10)24)15-9-13-11(8-16(25)28)4-3-5-14(13)32-15/h9,11-12,16,18,21,28H,3-8,25H2,1-2H3,(H,26,29,30). The number of halogens is 1. The number of rotatable bonds is 5. The van der Waals surface area contributed by atoms with Crippen molar-refractivity contribution in [3.8, 4) is 0 Å². The van der Waals surface area contributed by atoms with Crippen LogP contribution in [0.4, 0.5) is 4.39 Å². The van der Waals surface area contributed by atoms with Gasteiger partial charge in [0.1, 0.15) is 18.2 Å². The maximum Gasteiger partial charge on any atom is 0.328 e. The molecule has 1 fully saturated rings. The van der Waals surface area contributed by atoms with Crippen molar-refractivity contribution in [1.82, 2.24) is 9.55 Å². The Morgan fingerprint density at radius 3 is 2.78 bits per heavy atom. The van der Waals surface area contributed by atoms with E-state index in [1.807, 2.05) is 6.07 Å². The van der Waals surface area contributed by atoms with Crippen LogP contribution in [-0.4, -0.2) is 28.0 Å². The van der Waals surface area contributed by atoms with Gasteiger partial charge in [-0.3, -0.25) is 14.3 Å². The summed E-state index contributed by atoms with van der Waals surface area (Å²) in [5.74, 6) is -0.983. The van der Waals surface area contributed by atoms with Crippen LogP contribution in [-0.2, 0) is 11.2 Å². The van der Waals surface area contributed by atoms with Crippen LogP contribution in [0.25, 0.3) is 5.57 Å². The van der Waals surface area contributed by atoms with Crippen molar-refractivity contribution in [3.63, 3.8) is 0 Å². The summed E-state index contributed by atoms with van der Waals surface area (Å²) in [4.78, 5) is 29.8. The number of aliphatic hydroxyl groups excluding tert-OH is 1. The molecule has 0 aromatic carbocycles. The summed E-state index contributed by atoms with van der Waals surface area (Å²) in [6.07, 6.45) is 3.35. The molecule has 0 spiro atoms. The number of hydrogen-bond donors (Lipinski definition) is 3. The lowest BCUT2D eigenvalue weighted by Gasteiger charge is -2.33. The molecular formula is C23H28FN3O4S. The Bertz CT molecular complexity index is 1210. The van der Waals surface area contributed by atoms with E-state index in [0.717, 1.165) is 42.5 Å². The number of thiophene rings is 1. The molecular weight excluding hydrogens is 433 g/mol. The van der Waals surface area contributed by atoms with Gasteiger partial charge in [-0.15, -0.1) is 11.3 Å². The summed E-state index contributed by atoms with van der Waals surface area (Å²) in [6.45, 7) is 1.60. The fourth-order valence-corrected chi connectivity index (χ4v) is 6.84. The molecule has 4 atom stereocenters. The average Bonchev–Trinajstić information content (AvgIpc) is 3.47. The van der Waals surface area contributed by atoms with Gasteiger partial charge in [-0.2, -0.15) is 0 Å². The van der Waals surface area contributed by atoms with Crippen molar-refractivity contribution >= 4 is 16.9 Å². The lowest BCUT2D eigenvalue weighted by atomic mass is 9.81. The van der Waals surface area contributed by atoms with Gasteiger partial charge in [0.25, 0.3) is 5.56 Å². The Labute approximate surface area is 188 Å². The maximum atomic E-state index is 15.8. The van der Waals surface area contributed by atoms with E-state index in [9.17, 15) is 14.7 Å². The van der Waals surface area contributed by atoms with Gasteiger partial charge in [0.2, 0.25) is 0 Å². The molecule has 1 saturated carbocycles. The van der Waals surface area contributed by atoms with Gasteiger partial charge in [0.05, 0.1) is 17.2 Å². The summed E-state index contributed by atoms with van der Waals surface area (Å²) in [5, 5.41) is 9.72. The first-order chi connectivity index (χ1) is 15.3. The van der Waals surface area contributed by atoms with Gasteiger partial charge < -0.3 is 15.6 Å². The first kappa shape index (κ1) is 21.8. The summed E-state index contributed by atoms with van der Waals surface area (Å²) >= 11 is 1.56. The smallest absolute Gasteiger partial charge is 0.328 e. The minimum absolute atomic E-state index is 0.00678. The summed E-state index contributed by atoms with van der Waals surface area (Å²) in [7, 11) is 1.50. The number of aromatic amines is 1. The number of hydrogen-bond acceptors (Lipinski definition) is 6. The number of nitrogens with zero attached hydrogens (tertiary/aromatic N) is 1. The number of aryl methyl sites for hydroxylation is 1. The number of allylic oxidation sites excluding steroid dienone is 1. The molecule has 0 amide bonds. The van der Waals surface area contributed by atoms with Gasteiger partial charge in [-0.25, -0.2) is 9.18 Å². The van der Waals surface area contributed by atoms with Gasteiger partial charge in [0, 0.05) is 22.9 Å². The number of fused-ring (bicyclic) bond motifs is 2. The third kappa shape index (κ3) is 3.42. The van der Waals surface area contributed by atoms with Gasteiger partial charge >= 0.3 is 5.69 Å². The van der Waals surface area contributed by atoms with Crippen molar-refractivity contribution in [2.75, 3.05) is 7.11 Å². The van der Waals surface area contributed by atoms with Gasteiger partial charge in [0.15, 0.2) is 0 Å². The molecule has 2 aromatic heterocycles. The SMILES string of the molecule is COC1c2c(c(=O)[nH]c(=O)n2C2CC2)C(C)=C(F)C1c1cc2c(s1)CCCC2CC(N)O. The highest BCUT2D eigenvalue weighted by atomic mass is 32.1. The molecule has 172 valence electrons. The monoisotopic (exact) mass is 461 g/mol. The Morgan fingerprint density at radius 1 is 1.38 bits per heavy atom. The molecule has 7 nitrogen and oxygen atoms in total. The second kappa shape index (κ2) is 8.06. The summed E-state index contributed by atoms with van der Waals surface area (Å²) < 4.78 is 23.3. The molecule has 2 heterocycles.